The van der Waals surface area contributed by atoms with Gasteiger partial charge in [-0.2, -0.15) is 0 Å². The quantitative estimate of drug-likeness (QED) is 0.746. The van der Waals surface area contributed by atoms with Crippen molar-refractivity contribution in [2.24, 2.45) is 11.7 Å². The normalized spacial score (nSPS) is 20.3. The van der Waals surface area contributed by atoms with Crippen molar-refractivity contribution in [2.45, 2.75) is 32.2 Å². The van der Waals surface area contributed by atoms with E-state index in [2.05, 4.69) is 0 Å². The molecule has 0 aromatic rings. The maximum absolute atomic E-state index is 11.6. The molecular weight excluding hydrogens is 192 g/mol. The van der Waals surface area contributed by atoms with Crippen molar-refractivity contribution >= 4 is 5.91 Å². The summed E-state index contributed by atoms with van der Waals surface area (Å²) in [5.74, 6) is 0.788. The number of methoxy groups -OCH3 is 1. The zero-order valence-corrected chi connectivity index (χ0v) is 9.74. The minimum absolute atomic E-state index is 0.208. The fourth-order valence-electron chi connectivity index (χ4n) is 2.02. The third-order valence-electron chi connectivity index (χ3n) is 3.16. The Kier molecular flexibility index (Phi) is 5.05. The van der Waals surface area contributed by atoms with E-state index in [-0.39, 0.29) is 11.9 Å². The molecule has 4 nitrogen and oxygen atoms in total. The van der Waals surface area contributed by atoms with Gasteiger partial charge in [0.15, 0.2) is 0 Å². The lowest BCUT2D eigenvalue weighted by atomic mass is 9.91. The van der Waals surface area contributed by atoms with E-state index >= 15 is 0 Å². The molecule has 0 saturated carbocycles. The summed E-state index contributed by atoms with van der Waals surface area (Å²) in [7, 11) is 1.62. The van der Waals surface area contributed by atoms with Crippen molar-refractivity contribution < 1.29 is 9.53 Å². The SMILES string of the molecule is COCCC(=O)N1CCC(C(C)N)CC1. The first kappa shape index (κ1) is 12.5. The standard InChI is InChI=1S/C11H22N2O2/c1-9(12)10-3-6-13(7-4-10)11(14)5-8-15-2/h9-10H,3-8,12H2,1-2H3. The molecule has 4 heteroatoms. The van der Waals surface area contributed by atoms with Gasteiger partial charge in [0.25, 0.3) is 0 Å². The summed E-state index contributed by atoms with van der Waals surface area (Å²) in [5.41, 5.74) is 5.85. The maximum Gasteiger partial charge on any atom is 0.224 e. The first-order valence-electron chi connectivity index (χ1n) is 5.67. The average molecular weight is 214 g/mol. The molecule has 1 fully saturated rings. The average Bonchev–Trinajstić information content (AvgIpc) is 2.26. The number of amides is 1. The van der Waals surface area contributed by atoms with Crippen LogP contribution in [-0.2, 0) is 9.53 Å². The van der Waals surface area contributed by atoms with Crippen LogP contribution in [0.2, 0.25) is 0 Å². The molecule has 0 aromatic carbocycles. The van der Waals surface area contributed by atoms with Crippen LogP contribution < -0.4 is 5.73 Å². The van der Waals surface area contributed by atoms with E-state index in [1.54, 1.807) is 7.11 Å². The van der Waals surface area contributed by atoms with E-state index in [4.69, 9.17) is 10.5 Å². The first-order chi connectivity index (χ1) is 7.15. The van der Waals surface area contributed by atoms with Gasteiger partial charge in [0.05, 0.1) is 13.0 Å². The van der Waals surface area contributed by atoms with Gasteiger partial charge in [0, 0.05) is 26.2 Å². The van der Waals surface area contributed by atoms with Gasteiger partial charge in [-0.05, 0) is 25.7 Å². The molecule has 88 valence electrons. The Morgan fingerprint density at radius 2 is 2.13 bits per heavy atom. The van der Waals surface area contributed by atoms with Crippen LogP contribution in [0.1, 0.15) is 26.2 Å². The van der Waals surface area contributed by atoms with Gasteiger partial charge in [-0.3, -0.25) is 4.79 Å². The summed E-state index contributed by atoms with van der Waals surface area (Å²) in [6, 6.07) is 0.251. The molecule has 1 amide bonds. The zero-order valence-electron chi connectivity index (χ0n) is 9.74. The zero-order chi connectivity index (χ0) is 11.3. The molecule has 0 bridgehead atoms. The van der Waals surface area contributed by atoms with Crippen molar-refractivity contribution in [3.05, 3.63) is 0 Å². The largest absolute Gasteiger partial charge is 0.384 e. The highest BCUT2D eigenvalue weighted by atomic mass is 16.5. The second-order valence-corrected chi connectivity index (χ2v) is 4.32. The molecule has 0 aromatic heterocycles. The van der Waals surface area contributed by atoms with Crippen LogP contribution in [0, 0.1) is 5.92 Å². The van der Waals surface area contributed by atoms with Gasteiger partial charge < -0.3 is 15.4 Å². The molecule has 1 atom stereocenters. The summed E-state index contributed by atoms with van der Waals surface area (Å²) < 4.78 is 4.90. The predicted octanol–water partition coefficient (Wildman–Crippen LogP) is 0.609. The molecule has 1 aliphatic rings. The fourth-order valence-corrected chi connectivity index (χ4v) is 2.02. The summed E-state index contributed by atoms with van der Waals surface area (Å²) >= 11 is 0. The summed E-state index contributed by atoms with van der Waals surface area (Å²) in [4.78, 5) is 13.6. The summed E-state index contributed by atoms with van der Waals surface area (Å²) in [5, 5.41) is 0. The first-order valence-corrected chi connectivity index (χ1v) is 5.67. The number of hydrogen-bond acceptors (Lipinski definition) is 3. The molecule has 0 spiro atoms. The number of ether oxygens (including phenoxy) is 1. The molecule has 2 N–H and O–H groups in total. The number of nitrogens with two attached hydrogens (primary N) is 1. The number of hydrogen-bond donors (Lipinski definition) is 1. The molecule has 1 heterocycles. The van der Waals surface area contributed by atoms with Gasteiger partial charge in [0.1, 0.15) is 0 Å². The topological polar surface area (TPSA) is 55.6 Å². The minimum atomic E-state index is 0.208. The number of rotatable bonds is 4. The Labute approximate surface area is 91.8 Å². The van der Waals surface area contributed by atoms with Gasteiger partial charge in [-0.1, -0.05) is 0 Å². The van der Waals surface area contributed by atoms with Crippen molar-refractivity contribution in [1.82, 2.24) is 4.90 Å². The van der Waals surface area contributed by atoms with E-state index in [9.17, 15) is 4.79 Å². The lowest BCUT2D eigenvalue weighted by Crippen LogP contribution is -2.42. The highest BCUT2D eigenvalue weighted by Gasteiger charge is 2.24. The van der Waals surface area contributed by atoms with E-state index in [0.29, 0.717) is 18.9 Å². The highest BCUT2D eigenvalue weighted by Crippen LogP contribution is 2.19. The second-order valence-electron chi connectivity index (χ2n) is 4.32. The molecule has 1 aliphatic heterocycles. The second kappa shape index (κ2) is 6.08. The van der Waals surface area contributed by atoms with Crippen LogP contribution in [0.4, 0.5) is 0 Å². The van der Waals surface area contributed by atoms with Gasteiger partial charge in [-0.15, -0.1) is 0 Å². The van der Waals surface area contributed by atoms with Crippen LogP contribution in [0.5, 0.6) is 0 Å². The van der Waals surface area contributed by atoms with Gasteiger partial charge >= 0.3 is 0 Å². The van der Waals surface area contributed by atoms with Crippen molar-refractivity contribution in [2.75, 3.05) is 26.8 Å². The van der Waals surface area contributed by atoms with E-state index in [0.717, 1.165) is 25.9 Å². The lowest BCUT2D eigenvalue weighted by molar-refractivity contribution is -0.133. The van der Waals surface area contributed by atoms with Crippen molar-refractivity contribution in [3.63, 3.8) is 0 Å². The van der Waals surface area contributed by atoms with Gasteiger partial charge in [-0.25, -0.2) is 0 Å². The molecule has 15 heavy (non-hydrogen) atoms. The maximum atomic E-state index is 11.6. The van der Waals surface area contributed by atoms with Crippen molar-refractivity contribution in [1.29, 1.82) is 0 Å². The van der Waals surface area contributed by atoms with Crippen LogP contribution in [0.15, 0.2) is 0 Å². The number of carbonyl (C=O) groups is 1. The monoisotopic (exact) mass is 214 g/mol. The Bertz CT molecular complexity index is 199. The van der Waals surface area contributed by atoms with Gasteiger partial charge in [0.2, 0.25) is 5.91 Å². The van der Waals surface area contributed by atoms with Crippen LogP contribution >= 0.6 is 0 Å². The molecule has 1 rings (SSSR count). The minimum Gasteiger partial charge on any atom is -0.384 e. The molecule has 1 saturated heterocycles. The van der Waals surface area contributed by atoms with E-state index in [1.807, 2.05) is 11.8 Å². The van der Waals surface area contributed by atoms with Crippen molar-refractivity contribution in [3.8, 4) is 0 Å². The fraction of sp³-hybridized carbons (Fsp3) is 0.909. The molecular formula is C11H22N2O2. The smallest absolute Gasteiger partial charge is 0.224 e. The van der Waals surface area contributed by atoms with E-state index in [1.165, 1.54) is 0 Å². The number of carbonyl (C=O) groups excluding carboxylic acids is 1. The summed E-state index contributed by atoms with van der Waals surface area (Å²) in [6.07, 6.45) is 2.58. The Hall–Kier alpha value is -0.610. The third-order valence-corrected chi connectivity index (χ3v) is 3.16. The lowest BCUT2D eigenvalue weighted by Gasteiger charge is -2.33. The van der Waals surface area contributed by atoms with Crippen LogP contribution in [0.25, 0.3) is 0 Å². The Balaban J connectivity index is 2.27. The highest BCUT2D eigenvalue weighted by molar-refractivity contribution is 5.76. The van der Waals surface area contributed by atoms with Crippen LogP contribution in [0.3, 0.4) is 0 Å². The number of piperidine rings is 1. The Morgan fingerprint density at radius 3 is 2.60 bits per heavy atom. The van der Waals surface area contributed by atoms with E-state index < -0.39 is 0 Å². The summed E-state index contributed by atoms with van der Waals surface area (Å²) in [6.45, 7) is 4.28. The van der Waals surface area contributed by atoms with Crippen LogP contribution in [-0.4, -0.2) is 43.7 Å². The molecule has 0 radical (unpaired) electrons. The predicted molar refractivity (Wildman–Crippen MR) is 59.4 cm³/mol. The number of likely N-dealkylation sites (tertiary alicyclic amines) is 1. The molecule has 1 unspecified atom stereocenters. The number of nitrogens with zero attached hydrogens (tertiary/aromatic N) is 1. The molecule has 0 aliphatic carbocycles. The Morgan fingerprint density at radius 1 is 1.53 bits per heavy atom. The third kappa shape index (κ3) is 3.80.